The summed E-state index contributed by atoms with van der Waals surface area (Å²) >= 11 is 0. The van der Waals surface area contributed by atoms with Gasteiger partial charge in [-0.2, -0.15) is 0 Å². The fourth-order valence-electron chi connectivity index (χ4n) is 2.21. The number of aromatic nitrogens is 2. The van der Waals surface area contributed by atoms with E-state index in [4.69, 9.17) is 5.73 Å². The van der Waals surface area contributed by atoms with Crippen molar-refractivity contribution in [3.63, 3.8) is 0 Å². The van der Waals surface area contributed by atoms with E-state index in [1.165, 1.54) is 0 Å². The first kappa shape index (κ1) is 10.3. The van der Waals surface area contributed by atoms with Gasteiger partial charge in [0.25, 0.3) is 0 Å². The molecule has 88 valence electrons. The normalized spacial score (nSPS) is 20.4. The molecule has 0 saturated carbocycles. The highest BCUT2D eigenvalue weighted by molar-refractivity contribution is 5.79. The van der Waals surface area contributed by atoms with E-state index >= 15 is 0 Å². The van der Waals surface area contributed by atoms with Crippen molar-refractivity contribution < 1.29 is 4.79 Å². The molecule has 3 heterocycles. The standard InChI is InChI=1S/C12H14N4O/c13-9-5-12(17)16(6-9)8-10-7-15-4-2-1-3-11(15)14-10/h1-4,7,9H,5-6,8,13H2. The highest BCUT2D eigenvalue weighted by Crippen LogP contribution is 2.14. The largest absolute Gasteiger partial charge is 0.335 e. The molecule has 2 aromatic heterocycles. The molecule has 1 saturated heterocycles. The number of nitrogens with two attached hydrogens (primary N) is 1. The summed E-state index contributed by atoms with van der Waals surface area (Å²) in [6.45, 7) is 1.18. The topological polar surface area (TPSA) is 63.6 Å². The second kappa shape index (κ2) is 3.85. The first-order valence-electron chi connectivity index (χ1n) is 5.68. The van der Waals surface area contributed by atoms with E-state index in [0.717, 1.165) is 11.3 Å². The van der Waals surface area contributed by atoms with Crippen molar-refractivity contribution in [2.45, 2.75) is 19.0 Å². The van der Waals surface area contributed by atoms with Crippen LogP contribution in [0.3, 0.4) is 0 Å². The molecule has 1 aliphatic rings. The summed E-state index contributed by atoms with van der Waals surface area (Å²) < 4.78 is 1.95. The zero-order chi connectivity index (χ0) is 11.8. The summed E-state index contributed by atoms with van der Waals surface area (Å²) in [6, 6.07) is 5.82. The molecule has 3 rings (SSSR count). The number of fused-ring (bicyclic) bond motifs is 1. The smallest absolute Gasteiger partial charge is 0.224 e. The number of carbonyl (C=O) groups is 1. The number of imidazole rings is 1. The van der Waals surface area contributed by atoms with E-state index in [2.05, 4.69) is 4.98 Å². The fraction of sp³-hybridized carbons (Fsp3) is 0.333. The van der Waals surface area contributed by atoms with Gasteiger partial charge in [0.15, 0.2) is 0 Å². The molecule has 2 aromatic rings. The van der Waals surface area contributed by atoms with Crippen LogP contribution in [0.2, 0.25) is 0 Å². The summed E-state index contributed by atoms with van der Waals surface area (Å²) in [7, 11) is 0. The predicted octanol–water partition coefficient (Wildman–Crippen LogP) is 0.394. The summed E-state index contributed by atoms with van der Waals surface area (Å²) in [6.07, 6.45) is 4.35. The third-order valence-corrected chi connectivity index (χ3v) is 3.01. The van der Waals surface area contributed by atoms with Crippen molar-refractivity contribution >= 4 is 11.6 Å². The lowest BCUT2D eigenvalue weighted by Gasteiger charge is -2.13. The van der Waals surface area contributed by atoms with Gasteiger partial charge in [-0.25, -0.2) is 4.98 Å². The minimum Gasteiger partial charge on any atom is -0.335 e. The first-order valence-corrected chi connectivity index (χ1v) is 5.68. The fourth-order valence-corrected chi connectivity index (χ4v) is 2.21. The summed E-state index contributed by atoms with van der Waals surface area (Å²) in [4.78, 5) is 17.8. The van der Waals surface area contributed by atoms with Crippen LogP contribution in [0.5, 0.6) is 0 Å². The Balaban J connectivity index is 1.83. The zero-order valence-corrected chi connectivity index (χ0v) is 9.41. The van der Waals surface area contributed by atoms with E-state index < -0.39 is 0 Å². The number of amides is 1. The Labute approximate surface area is 98.8 Å². The van der Waals surface area contributed by atoms with Gasteiger partial charge in [-0.3, -0.25) is 4.79 Å². The Morgan fingerprint density at radius 3 is 3.06 bits per heavy atom. The van der Waals surface area contributed by atoms with Gasteiger partial charge in [-0.05, 0) is 12.1 Å². The number of likely N-dealkylation sites (tertiary alicyclic amines) is 1. The number of rotatable bonds is 2. The van der Waals surface area contributed by atoms with Crippen LogP contribution in [0.25, 0.3) is 5.65 Å². The van der Waals surface area contributed by atoms with Gasteiger partial charge in [0, 0.05) is 31.4 Å². The Hall–Kier alpha value is -1.88. The van der Waals surface area contributed by atoms with E-state index in [0.29, 0.717) is 19.5 Å². The van der Waals surface area contributed by atoms with Crippen molar-refractivity contribution in [3.05, 3.63) is 36.3 Å². The highest BCUT2D eigenvalue weighted by atomic mass is 16.2. The van der Waals surface area contributed by atoms with Crippen molar-refractivity contribution in [3.8, 4) is 0 Å². The summed E-state index contributed by atoms with van der Waals surface area (Å²) in [5.74, 6) is 0.120. The molecule has 0 aromatic carbocycles. The van der Waals surface area contributed by atoms with Gasteiger partial charge in [0.2, 0.25) is 5.91 Å². The molecule has 2 N–H and O–H groups in total. The molecule has 0 spiro atoms. The monoisotopic (exact) mass is 230 g/mol. The number of carbonyl (C=O) groups excluding carboxylic acids is 1. The van der Waals surface area contributed by atoms with Crippen LogP contribution in [-0.2, 0) is 11.3 Å². The maximum Gasteiger partial charge on any atom is 0.224 e. The van der Waals surface area contributed by atoms with Gasteiger partial charge >= 0.3 is 0 Å². The van der Waals surface area contributed by atoms with Gasteiger partial charge < -0.3 is 15.0 Å². The third-order valence-electron chi connectivity index (χ3n) is 3.01. The van der Waals surface area contributed by atoms with Crippen LogP contribution < -0.4 is 5.73 Å². The Morgan fingerprint density at radius 2 is 2.35 bits per heavy atom. The van der Waals surface area contributed by atoms with Crippen molar-refractivity contribution in [2.75, 3.05) is 6.54 Å². The molecule has 1 fully saturated rings. The average Bonchev–Trinajstić information content (AvgIpc) is 2.82. The SMILES string of the molecule is NC1CC(=O)N(Cc2cn3ccccc3n2)C1. The molecule has 5 heteroatoms. The lowest BCUT2D eigenvalue weighted by Crippen LogP contribution is -2.27. The van der Waals surface area contributed by atoms with Crippen LogP contribution in [0, 0.1) is 0 Å². The third kappa shape index (κ3) is 1.89. The van der Waals surface area contributed by atoms with Crippen molar-refractivity contribution in [2.24, 2.45) is 5.73 Å². The van der Waals surface area contributed by atoms with Gasteiger partial charge in [-0.1, -0.05) is 6.07 Å². The molecule has 17 heavy (non-hydrogen) atoms. The number of hydrogen-bond acceptors (Lipinski definition) is 3. The maximum absolute atomic E-state index is 11.6. The molecule has 0 aliphatic carbocycles. The van der Waals surface area contributed by atoms with Crippen LogP contribution in [0.15, 0.2) is 30.6 Å². The van der Waals surface area contributed by atoms with E-state index in [1.54, 1.807) is 4.90 Å². The van der Waals surface area contributed by atoms with Gasteiger partial charge in [0.05, 0.1) is 12.2 Å². The molecule has 5 nitrogen and oxygen atoms in total. The zero-order valence-electron chi connectivity index (χ0n) is 9.41. The first-order chi connectivity index (χ1) is 8.22. The van der Waals surface area contributed by atoms with Crippen LogP contribution >= 0.6 is 0 Å². The summed E-state index contributed by atoms with van der Waals surface area (Å²) in [5.41, 5.74) is 7.56. The average molecular weight is 230 g/mol. The second-order valence-electron chi connectivity index (χ2n) is 4.44. The van der Waals surface area contributed by atoms with Gasteiger partial charge in [-0.15, -0.1) is 0 Å². The molecule has 1 atom stereocenters. The second-order valence-corrected chi connectivity index (χ2v) is 4.44. The van der Waals surface area contributed by atoms with Gasteiger partial charge in [0.1, 0.15) is 5.65 Å². The lowest BCUT2D eigenvalue weighted by molar-refractivity contribution is -0.128. The molecule has 0 bridgehead atoms. The van der Waals surface area contributed by atoms with E-state index in [9.17, 15) is 4.79 Å². The molecule has 1 amide bonds. The molecule has 1 aliphatic heterocycles. The molecule has 1 unspecified atom stereocenters. The van der Waals surface area contributed by atoms with Crippen LogP contribution in [-0.4, -0.2) is 32.8 Å². The van der Waals surface area contributed by atoms with E-state index in [-0.39, 0.29) is 11.9 Å². The Morgan fingerprint density at radius 1 is 1.47 bits per heavy atom. The Kier molecular flexibility index (Phi) is 2.33. The van der Waals surface area contributed by atoms with Crippen LogP contribution in [0.4, 0.5) is 0 Å². The van der Waals surface area contributed by atoms with Crippen molar-refractivity contribution in [1.29, 1.82) is 0 Å². The summed E-state index contributed by atoms with van der Waals surface area (Å²) in [5, 5.41) is 0. The lowest BCUT2D eigenvalue weighted by atomic mass is 10.3. The quantitative estimate of drug-likeness (QED) is 0.812. The number of pyridine rings is 1. The molecular weight excluding hydrogens is 216 g/mol. The molecular formula is C12H14N4O. The van der Waals surface area contributed by atoms with Crippen molar-refractivity contribution in [1.82, 2.24) is 14.3 Å². The van der Waals surface area contributed by atoms with E-state index in [1.807, 2.05) is 35.0 Å². The highest BCUT2D eigenvalue weighted by Gasteiger charge is 2.27. The number of hydrogen-bond donors (Lipinski definition) is 1. The minimum absolute atomic E-state index is 0.0282. The van der Waals surface area contributed by atoms with Crippen LogP contribution in [0.1, 0.15) is 12.1 Å². The maximum atomic E-state index is 11.6. The minimum atomic E-state index is -0.0282. The predicted molar refractivity (Wildman–Crippen MR) is 63.2 cm³/mol. The molecule has 0 radical (unpaired) electrons. The number of nitrogens with zero attached hydrogens (tertiary/aromatic N) is 3. The Bertz CT molecular complexity index is 529.